The Morgan fingerprint density at radius 1 is 0.893 bits per heavy atom. The van der Waals surface area contributed by atoms with Crippen molar-refractivity contribution in [2.45, 2.75) is 26.7 Å². The maximum Gasteiger partial charge on any atom is -0.147 e. The van der Waals surface area contributed by atoms with Crippen molar-refractivity contribution in [1.82, 2.24) is 0 Å². The Bertz CT molecular complexity index is 1040. The van der Waals surface area contributed by atoms with E-state index in [1.165, 1.54) is 22.3 Å². The minimum atomic E-state index is -3.19. The Labute approximate surface area is 184 Å². The fourth-order valence-corrected chi connectivity index (χ4v) is 23.9. The van der Waals surface area contributed by atoms with Gasteiger partial charge in [0.25, 0.3) is 0 Å². The monoisotopic (exact) mass is 506 g/mol. The summed E-state index contributed by atoms with van der Waals surface area (Å²) in [4.78, 5) is 0. The molecule has 2 atom stereocenters. The predicted molar refractivity (Wildman–Crippen MR) is 128 cm³/mol. The Morgan fingerprint density at radius 3 is 2.11 bits per heavy atom. The molecule has 4 heteroatoms. The molecule has 0 bridgehead atoms. The van der Waals surface area contributed by atoms with Gasteiger partial charge in [0.1, 0.15) is 0 Å². The summed E-state index contributed by atoms with van der Waals surface area (Å²) in [5.74, 6) is 0.592. The van der Waals surface area contributed by atoms with Gasteiger partial charge in [-0.25, -0.2) is 0 Å². The Kier molecular flexibility index (Phi) is 6.94. The molecular weight excluding hydrogens is 478 g/mol. The van der Waals surface area contributed by atoms with Crippen LogP contribution in [0.25, 0.3) is 5.57 Å². The first-order chi connectivity index (χ1) is 12.3. The number of rotatable bonds is 3. The van der Waals surface area contributed by atoms with Crippen molar-refractivity contribution in [1.29, 1.82) is 0 Å². The third-order valence-corrected chi connectivity index (χ3v) is 23.8. The zero-order valence-corrected chi connectivity index (χ0v) is 22.6. The third-order valence-electron chi connectivity index (χ3n) is 6.40. The van der Waals surface area contributed by atoms with Crippen LogP contribution in [0.1, 0.15) is 34.2 Å². The van der Waals surface area contributed by atoms with Gasteiger partial charge < -0.3 is 0 Å². The van der Waals surface area contributed by atoms with Crippen LogP contribution in [-0.4, -0.2) is 6.88 Å². The molecule has 28 heavy (non-hydrogen) atoms. The van der Waals surface area contributed by atoms with Gasteiger partial charge in [-0.2, -0.15) is 0 Å². The molecule has 0 nitrogen and oxygen atoms in total. The minimum Gasteiger partial charge on any atom is -0.147 e. The zero-order valence-electron chi connectivity index (χ0n) is 17.1. The summed E-state index contributed by atoms with van der Waals surface area (Å²) in [6.45, 7) is 7.09. The van der Waals surface area contributed by atoms with E-state index in [1.807, 2.05) is 0 Å². The summed E-state index contributed by atoms with van der Waals surface area (Å²) in [7, 11) is 0. The van der Waals surface area contributed by atoms with Crippen LogP contribution in [0.5, 0.6) is 0 Å². The van der Waals surface area contributed by atoms with Gasteiger partial charge in [0.15, 0.2) is 0 Å². The van der Waals surface area contributed by atoms with E-state index in [1.54, 1.807) is 8.84 Å². The molecule has 2 aromatic rings. The molecule has 0 spiro atoms. The number of hydrogen-bond donors (Lipinski definition) is 0. The minimum absolute atomic E-state index is 0. The topological polar surface area (TPSA) is 0 Å². The molecule has 2 aromatic carbocycles. The Balaban J connectivity index is 0.00000140. The molecule has 0 aromatic heterocycles. The summed E-state index contributed by atoms with van der Waals surface area (Å²) in [6.07, 6.45) is 7.38. The van der Waals surface area contributed by atoms with E-state index in [2.05, 4.69) is 103 Å². The summed E-state index contributed by atoms with van der Waals surface area (Å²) in [5.41, 5.74) is 7.30. The molecule has 0 radical (unpaired) electrons. The number of fused-ring (bicyclic) bond motifs is 1. The first kappa shape index (κ1) is 23.6. The number of hydrogen-bond acceptors (Lipinski definition) is 0. The number of halogens is 2. The fraction of sp³-hybridized carbons (Fsp3) is 0.250. The predicted octanol–water partition coefficient (Wildman–Crippen LogP) is 6.83. The summed E-state index contributed by atoms with van der Waals surface area (Å²) in [6, 6.07) is 20.0. The molecule has 0 saturated heterocycles. The molecule has 2 aliphatic rings. The third kappa shape index (κ3) is 3.74. The standard InChI is InChI=1S/C15H11.C7H9.2CH3.2ClH.H2Si.Zr/c1-2-6-12(7-3-1)15-11-10-13-8-4-5-9-14(13)15;1-6-3-4-7(2)5-6;;;;;;/h1-11H;3-4,6H,1-2H3;2*1H3;2*1H;1H2;. The second-order valence-electron chi connectivity index (χ2n) is 9.07. The van der Waals surface area contributed by atoms with E-state index in [-0.39, 0.29) is 24.8 Å². The largest absolute Gasteiger partial charge is 0.147 e. The van der Waals surface area contributed by atoms with Gasteiger partial charge in [0, 0.05) is 0 Å². The maximum atomic E-state index is 2.66. The molecule has 2 aliphatic carbocycles. The van der Waals surface area contributed by atoms with Crippen LogP contribution < -0.4 is 0 Å². The molecule has 0 saturated carbocycles. The van der Waals surface area contributed by atoms with Crippen molar-refractivity contribution in [3.05, 3.63) is 98.4 Å². The smallest absolute Gasteiger partial charge is 0.147 e. The van der Waals surface area contributed by atoms with Crippen molar-refractivity contribution >= 4 is 37.3 Å². The van der Waals surface area contributed by atoms with Crippen molar-refractivity contribution in [3.8, 4) is 0 Å². The van der Waals surface area contributed by atoms with Gasteiger partial charge in [0.2, 0.25) is 0 Å². The molecule has 0 aliphatic heterocycles. The van der Waals surface area contributed by atoms with E-state index in [9.17, 15) is 0 Å². The van der Waals surface area contributed by atoms with E-state index < -0.39 is 17.4 Å². The first-order valence-electron chi connectivity index (χ1n) is 9.61. The average Bonchev–Trinajstić information content (AvgIpc) is 3.17. The quantitative estimate of drug-likeness (QED) is 0.399. The first-order valence-corrected chi connectivity index (χ1v) is 23.1. The van der Waals surface area contributed by atoms with Crippen LogP contribution in [0, 0.1) is 5.92 Å². The van der Waals surface area contributed by atoms with Gasteiger partial charge in [-0.1, -0.05) is 0 Å². The van der Waals surface area contributed by atoms with E-state index in [4.69, 9.17) is 0 Å². The number of benzene rings is 2. The van der Waals surface area contributed by atoms with Crippen molar-refractivity contribution < 1.29 is 17.4 Å². The van der Waals surface area contributed by atoms with Crippen LogP contribution in [0.15, 0.2) is 81.7 Å². The molecule has 0 fully saturated rings. The normalized spacial score (nSPS) is 21.0. The molecule has 0 amide bonds. The van der Waals surface area contributed by atoms with Crippen molar-refractivity contribution in [2.75, 3.05) is 0 Å². The SMILES string of the molecule is CC1=[C]([Zr]([CH3])([CH3])(=[SiH2])[CH]2C=C(c3ccccc3)c3ccccc32)C(C)C=C1.Cl.Cl. The van der Waals surface area contributed by atoms with Crippen LogP contribution in [0.2, 0.25) is 9.26 Å². The zero-order chi connectivity index (χ0) is 18.6. The van der Waals surface area contributed by atoms with Crippen LogP contribution in [0.3, 0.4) is 0 Å². The van der Waals surface area contributed by atoms with Crippen LogP contribution in [-0.2, 0) is 17.4 Å². The number of allylic oxidation sites excluding steroid dienone is 5. The Morgan fingerprint density at radius 2 is 1.50 bits per heavy atom. The van der Waals surface area contributed by atoms with Crippen molar-refractivity contribution in [3.63, 3.8) is 0 Å². The van der Waals surface area contributed by atoms with Crippen LogP contribution in [0.4, 0.5) is 0 Å². The van der Waals surface area contributed by atoms with E-state index in [0.717, 1.165) is 0 Å². The second kappa shape index (κ2) is 8.23. The molecular formula is C24H30Cl2SiZr. The average molecular weight is 509 g/mol. The fourth-order valence-electron chi connectivity index (χ4n) is 5.39. The van der Waals surface area contributed by atoms with E-state index >= 15 is 0 Å². The van der Waals surface area contributed by atoms with Gasteiger partial charge in [-0.05, 0) is 0 Å². The van der Waals surface area contributed by atoms with Gasteiger partial charge in [-0.15, -0.1) is 24.8 Å². The molecule has 2 unspecified atom stereocenters. The van der Waals surface area contributed by atoms with Gasteiger partial charge >= 0.3 is 161 Å². The van der Waals surface area contributed by atoms with Crippen molar-refractivity contribution in [2.24, 2.45) is 5.92 Å². The Hall–Kier alpha value is -0.660. The molecule has 148 valence electrons. The van der Waals surface area contributed by atoms with Crippen LogP contribution >= 0.6 is 24.8 Å². The molecule has 4 rings (SSSR count). The van der Waals surface area contributed by atoms with Gasteiger partial charge in [0.05, 0.1) is 0 Å². The summed E-state index contributed by atoms with van der Waals surface area (Å²) in [5, 5.41) is 0. The molecule has 0 heterocycles. The summed E-state index contributed by atoms with van der Waals surface area (Å²) < 4.78 is 7.69. The summed E-state index contributed by atoms with van der Waals surface area (Å²) >= 11 is -3.19. The van der Waals surface area contributed by atoms with E-state index in [0.29, 0.717) is 9.54 Å². The molecule has 0 N–H and O–H groups in total. The van der Waals surface area contributed by atoms with Gasteiger partial charge in [-0.3, -0.25) is 0 Å². The second-order valence-corrected chi connectivity index (χ2v) is 38.6. The maximum absolute atomic E-state index is 3.19.